The normalized spacial score (nSPS) is 17.6. The number of likely N-dealkylation sites (N-methyl/N-ethyl adjacent to an activating group) is 1. The lowest BCUT2D eigenvalue weighted by Crippen LogP contribution is -2.47. The van der Waals surface area contributed by atoms with E-state index in [1.807, 2.05) is 31.2 Å². The number of fused-ring (bicyclic) bond motifs is 1. The Bertz CT molecular complexity index is 931. The Kier molecular flexibility index (Phi) is 5.36. The van der Waals surface area contributed by atoms with Crippen molar-refractivity contribution < 1.29 is 5.11 Å². The molecule has 0 bridgehead atoms. The maximum Gasteiger partial charge on any atom is 0.230 e. The predicted octanol–water partition coefficient (Wildman–Crippen LogP) is 3.44. The van der Waals surface area contributed by atoms with Crippen LogP contribution in [0.3, 0.4) is 0 Å². The first-order valence-corrected chi connectivity index (χ1v) is 10.6. The lowest BCUT2D eigenvalue weighted by molar-refractivity contribution is 0.113. The molecule has 3 aromatic rings. The standard InChI is InChI=1S/C19H24ClN5OS/c1-3-15-21-19-25(22-15)18(26)17(27-19)16(13-7-5-6-8-14(13)20)24-11-9-23(4-2)10-12-24/h5-8,16,26H,3-4,9-12H2,1-2H3. The molecule has 0 saturated carbocycles. The van der Waals surface area contributed by atoms with Crippen molar-refractivity contribution in [3.8, 4) is 5.88 Å². The minimum Gasteiger partial charge on any atom is -0.492 e. The zero-order valence-corrected chi connectivity index (χ0v) is 17.2. The molecular weight excluding hydrogens is 382 g/mol. The number of aromatic hydroxyl groups is 1. The molecular formula is C19H24ClN5OS. The first kappa shape index (κ1) is 18.7. The van der Waals surface area contributed by atoms with E-state index in [2.05, 4.69) is 26.8 Å². The van der Waals surface area contributed by atoms with E-state index in [4.69, 9.17) is 11.6 Å². The second kappa shape index (κ2) is 7.75. The number of halogens is 1. The summed E-state index contributed by atoms with van der Waals surface area (Å²) in [4.78, 5) is 11.0. The van der Waals surface area contributed by atoms with E-state index in [1.165, 1.54) is 11.3 Å². The summed E-state index contributed by atoms with van der Waals surface area (Å²) in [5.41, 5.74) is 1.01. The molecule has 1 aromatic carbocycles. The average molecular weight is 406 g/mol. The minimum atomic E-state index is -0.101. The zero-order valence-electron chi connectivity index (χ0n) is 15.6. The fourth-order valence-corrected chi connectivity index (χ4v) is 5.02. The summed E-state index contributed by atoms with van der Waals surface area (Å²) in [5, 5.41) is 16.1. The number of aryl methyl sites for hydroxylation is 1. The van der Waals surface area contributed by atoms with Crippen LogP contribution in [0.25, 0.3) is 4.96 Å². The van der Waals surface area contributed by atoms with Gasteiger partial charge in [0.2, 0.25) is 10.8 Å². The molecule has 2 aromatic heterocycles. The van der Waals surface area contributed by atoms with Crippen LogP contribution in [0.5, 0.6) is 5.88 Å². The molecule has 0 aliphatic carbocycles. The van der Waals surface area contributed by atoms with Gasteiger partial charge in [-0.25, -0.2) is 4.98 Å². The Morgan fingerprint density at radius 2 is 1.93 bits per heavy atom. The number of hydrogen-bond donors (Lipinski definition) is 1. The topological polar surface area (TPSA) is 56.9 Å². The molecule has 27 heavy (non-hydrogen) atoms. The van der Waals surface area contributed by atoms with Gasteiger partial charge in [-0.1, -0.05) is 55.0 Å². The van der Waals surface area contributed by atoms with Crippen LogP contribution in [0.4, 0.5) is 0 Å². The summed E-state index contributed by atoms with van der Waals surface area (Å²) in [7, 11) is 0. The maximum atomic E-state index is 10.9. The Morgan fingerprint density at radius 3 is 2.56 bits per heavy atom. The van der Waals surface area contributed by atoms with Crippen molar-refractivity contribution in [1.82, 2.24) is 24.4 Å². The molecule has 0 amide bonds. The van der Waals surface area contributed by atoms with E-state index in [-0.39, 0.29) is 11.9 Å². The molecule has 3 heterocycles. The third-order valence-corrected chi connectivity index (χ3v) is 6.64. The molecule has 144 valence electrons. The van der Waals surface area contributed by atoms with Gasteiger partial charge in [0.1, 0.15) is 0 Å². The van der Waals surface area contributed by atoms with Gasteiger partial charge in [0.25, 0.3) is 0 Å². The molecule has 0 radical (unpaired) electrons. The summed E-state index contributed by atoms with van der Waals surface area (Å²) in [6.07, 6.45) is 0.746. The number of aromatic nitrogens is 3. The average Bonchev–Trinajstić information content (AvgIpc) is 3.23. The lowest BCUT2D eigenvalue weighted by Gasteiger charge is -2.39. The van der Waals surface area contributed by atoms with Crippen molar-refractivity contribution in [3.05, 3.63) is 45.6 Å². The van der Waals surface area contributed by atoms with Crippen molar-refractivity contribution in [2.45, 2.75) is 26.3 Å². The SMILES string of the molecule is CCc1nc2sc(C(c3ccccc3Cl)N3CCN(CC)CC3)c(O)n2n1. The quantitative estimate of drug-likeness (QED) is 0.704. The molecule has 1 unspecified atom stereocenters. The van der Waals surface area contributed by atoms with E-state index in [9.17, 15) is 5.11 Å². The number of hydrogen-bond acceptors (Lipinski definition) is 6. The third-order valence-electron chi connectivity index (χ3n) is 5.23. The van der Waals surface area contributed by atoms with E-state index < -0.39 is 0 Å². The highest BCUT2D eigenvalue weighted by atomic mass is 35.5. The van der Waals surface area contributed by atoms with Crippen LogP contribution < -0.4 is 0 Å². The van der Waals surface area contributed by atoms with Crippen LogP contribution in [-0.2, 0) is 6.42 Å². The smallest absolute Gasteiger partial charge is 0.230 e. The Hall–Kier alpha value is -1.67. The molecule has 6 nitrogen and oxygen atoms in total. The number of benzene rings is 1. The van der Waals surface area contributed by atoms with Gasteiger partial charge in [-0.05, 0) is 18.2 Å². The molecule has 1 aliphatic rings. The van der Waals surface area contributed by atoms with E-state index >= 15 is 0 Å². The van der Waals surface area contributed by atoms with Crippen LogP contribution in [-0.4, -0.2) is 62.2 Å². The first-order chi connectivity index (χ1) is 13.1. The van der Waals surface area contributed by atoms with Crippen molar-refractivity contribution in [2.75, 3.05) is 32.7 Å². The second-order valence-corrected chi connectivity index (χ2v) is 8.18. The Morgan fingerprint density at radius 1 is 1.19 bits per heavy atom. The Labute approximate surface area is 168 Å². The van der Waals surface area contributed by atoms with Gasteiger partial charge >= 0.3 is 0 Å². The molecule has 1 fully saturated rings. The Balaban J connectivity index is 1.77. The van der Waals surface area contributed by atoms with E-state index in [0.29, 0.717) is 5.02 Å². The molecule has 1 N–H and O–H groups in total. The van der Waals surface area contributed by atoms with Crippen molar-refractivity contribution >= 4 is 27.9 Å². The van der Waals surface area contributed by atoms with Gasteiger partial charge in [-0.2, -0.15) is 4.52 Å². The van der Waals surface area contributed by atoms with Crippen LogP contribution in [0.1, 0.15) is 36.2 Å². The first-order valence-electron chi connectivity index (χ1n) is 9.40. The summed E-state index contributed by atoms with van der Waals surface area (Å²) < 4.78 is 1.56. The highest BCUT2D eigenvalue weighted by Gasteiger charge is 2.32. The number of rotatable bonds is 5. The van der Waals surface area contributed by atoms with Crippen LogP contribution in [0.2, 0.25) is 5.02 Å². The van der Waals surface area contributed by atoms with Gasteiger partial charge in [0.05, 0.1) is 10.9 Å². The fourth-order valence-electron chi connectivity index (χ4n) is 3.66. The fraction of sp³-hybridized carbons (Fsp3) is 0.474. The number of thiazole rings is 1. The third kappa shape index (κ3) is 3.45. The van der Waals surface area contributed by atoms with Gasteiger partial charge in [0.15, 0.2) is 5.82 Å². The molecule has 1 aliphatic heterocycles. The van der Waals surface area contributed by atoms with Crippen molar-refractivity contribution in [2.24, 2.45) is 0 Å². The zero-order chi connectivity index (χ0) is 19.0. The summed E-state index contributed by atoms with van der Waals surface area (Å²) in [6, 6.07) is 7.80. The van der Waals surface area contributed by atoms with Gasteiger partial charge < -0.3 is 10.0 Å². The summed E-state index contributed by atoms with van der Waals surface area (Å²) in [5.74, 6) is 0.916. The molecule has 8 heteroatoms. The highest BCUT2D eigenvalue weighted by Crippen LogP contribution is 2.42. The van der Waals surface area contributed by atoms with Crippen molar-refractivity contribution in [3.63, 3.8) is 0 Å². The van der Waals surface area contributed by atoms with Crippen LogP contribution >= 0.6 is 22.9 Å². The van der Waals surface area contributed by atoms with Gasteiger partial charge in [-0.3, -0.25) is 4.90 Å². The number of piperazine rings is 1. The minimum absolute atomic E-state index is 0.101. The van der Waals surface area contributed by atoms with Gasteiger partial charge in [0, 0.05) is 37.6 Å². The van der Waals surface area contributed by atoms with E-state index in [1.54, 1.807) is 4.52 Å². The molecule has 0 spiro atoms. The highest BCUT2D eigenvalue weighted by molar-refractivity contribution is 7.17. The van der Waals surface area contributed by atoms with Gasteiger partial charge in [-0.15, -0.1) is 5.10 Å². The summed E-state index contributed by atoms with van der Waals surface area (Å²) >= 11 is 8.06. The molecule has 1 saturated heterocycles. The van der Waals surface area contributed by atoms with Crippen LogP contribution in [0, 0.1) is 0 Å². The summed E-state index contributed by atoms with van der Waals surface area (Å²) in [6.45, 7) is 9.15. The molecule has 1 atom stereocenters. The monoisotopic (exact) mass is 405 g/mol. The number of nitrogens with zero attached hydrogens (tertiary/aromatic N) is 5. The molecule has 4 rings (SSSR count). The second-order valence-electron chi connectivity index (χ2n) is 6.76. The van der Waals surface area contributed by atoms with Crippen LogP contribution in [0.15, 0.2) is 24.3 Å². The van der Waals surface area contributed by atoms with Crippen molar-refractivity contribution in [1.29, 1.82) is 0 Å². The largest absolute Gasteiger partial charge is 0.492 e. The predicted molar refractivity (Wildman–Crippen MR) is 109 cm³/mol. The van der Waals surface area contributed by atoms with E-state index in [0.717, 1.165) is 60.4 Å². The lowest BCUT2D eigenvalue weighted by atomic mass is 10.0. The maximum absolute atomic E-state index is 10.9.